The summed E-state index contributed by atoms with van der Waals surface area (Å²) in [6, 6.07) is 17.7. The number of aryl methyl sites for hydroxylation is 2. The van der Waals surface area contributed by atoms with E-state index in [2.05, 4.69) is 74.0 Å². The van der Waals surface area contributed by atoms with E-state index in [1.54, 1.807) is 5.56 Å². The molecule has 8 rings (SSSR count). The van der Waals surface area contributed by atoms with E-state index in [0.29, 0.717) is 15.5 Å². The zero-order valence-corrected chi connectivity index (χ0v) is 24.2. The summed E-state index contributed by atoms with van der Waals surface area (Å²) < 4.78 is 2.32. The smallest absolute Gasteiger partial charge is 0.264 e. The number of rotatable bonds is 4. The highest BCUT2D eigenvalue weighted by atomic mass is 32.2. The third-order valence-corrected chi connectivity index (χ3v) is 10.9. The van der Waals surface area contributed by atoms with Crippen LogP contribution in [0.2, 0.25) is 0 Å². The molecule has 2 aromatic carbocycles. The average molecular weight is 536 g/mol. The topological polar surface area (TPSA) is 46.4 Å². The molecule has 0 radical (unpaired) electrons. The number of aromatic nitrogens is 1. The molecule has 4 bridgehead atoms. The number of hydrogen-bond donors (Lipinski definition) is 1. The highest BCUT2D eigenvalue weighted by Gasteiger charge is 2.51. The van der Waals surface area contributed by atoms with Gasteiger partial charge in [0.15, 0.2) is 5.17 Å². The molecule has 1 aliphatic heterocycles. The second-order valence-electron chi connectivity index (χ2n) is 12.6. The molecule has 3 aromatic rings. The number of carbonyl (C=O) groups excluding carboxylic acids is 1. The van der Waals surface area contributed by atoms with Crippen LogP contribution in [0, 0.1) is 45.4 Å². The van der Waals surface area contributed by atoms with Gasteiger partial charge in [-0.2, -0.15) is 0 Å². The molecule has 1 saturated heterocycles. The maximum atomic E-state index is 12.8. The molecular weight excluding hydrogens is 498 g/mol. The van der Waals surface area contributed by atoms with Gasteiger partial charge in [0.25, 0.3) is 5.91 Å². The lowest BCUT2D eigenvalue weighted by Crippen LogP contribution is -2.48. The summed E-state index contributed by atoms with van der Waals surface area (Å²) in [5.41, 5.74) is 9.81. The van der Waals surface area contributed by atoms with E-state index in [4.69, 9.17) is 4.99 Å². The number of nitrogens with one attached hydrogen (secondary N) is 1. The van der Waals surface area contributed by atoms with Crippen LogP contribution in [-0.4, -0.2) is 15.6 Å². The van der Waals surface area contributed by atoms with Crippen LogP contribution in [0.4, 0.5) is 5.69 Å². The van der Waals surface area contributed by atoms with Crippen LogP contribution in [0.25, 0.3) is 11.8 Å². The molecule has 5 fully saturated rings. The number of benzene rings is 2. The van der Waals surface area contributed by atoms with Gasteiger partial charge in [-0.25, -0.2) is 4.99 Å². The summed E-state index contributed by atoms with van der Waals surface area (Å²) >= 11 is 1.41. The molecule has 5 heteroatoms. The van der Waals surface area contributed by atoms with Crippen molar-refractivity contribution in [3.05, 3.63) is 87.1 Å². The lowest BCUT2D eigenvalue weighted by molar-refractivity contribution is -0.115. The fourth-order valence-electron chi connectivity index (χ4n) is 8.35. The van der Waals surface area contributed by atoms with Gasteiger partial charge in [0.1, 0.15) is 0 Å². The van der Waals surface area contributed by atoms with Gasteiger partial charge in [0, 0.05) is 17.1 Å². The molecule has 1 aromatic heterocycles. The van der Waals surface area contributed by atoms with Crippen molar-refractivity contribution >= 4 is 34.6 Å². The summed E-state index contributed by atoms with van der Waals surface area (Å²) in [6.07, 6.45) is 10.6. The van der Waals surface area contributed by atoms with E-state index in [1.807, 2.05) is 18.2 Å². The number of carbonyl (C=O) groups is 1. The number of aliphatic imine (C=N–C) groups is 1. The molecule has 0 atom stereocenters. The number of amidine groups is 1. The Morgan fingerprint density at radius 3 is 2.28 bits per heavy atom. The predicted octanol–water partition coefficient (Wildman–Crippen LogP) is 8.07. The zero-order valence-electron chi connectivity index (χ0n) is 23.4. The van der Waals surface area contributed by atoms with Gasteiger partial charge in [-0.3, -0.25) is 4.79 Å². The molecule has 0 unspecified atom stereocenters. The maximum absolute atomic E-state index is 12.8. The Bertz CT molecular complexity index is 1510. The van der Waals surface area contributed by atoms with Crippen LogP contribution >= 0.6 is 11.8 Å². The van der Waals surface area contributed by atoms with Gasteiger partial charge < -0.3 is 9.88 Å². The van der Waals surface area contributed by atoms with E-state index in [0.717, 1.165) is 40.3 Å². The van der Waals surface area contributed by atoms with Gasteiger partial charge in [0.2, 0.25) is 0 Å². The summed E-state index contributed by atoms with van der Waals surface area (Å²) in [6.45, 7) is 8.45. The molecular formula is C34H37N3OS. The number of hydrogen-bond acceptors (Lipinski definition) is 3. The van der Waals surface area contributed by atoms with E-state index < -0.39 is 0 Å². The van der Waals surface area contributed by atoms with Crippen molar-refractivity contribution in [3.8, 4) is 5.69 Å². The Labute approximate surface area is 236 Å². The minimum Gasteiger partial charge on any atom is -0.318 e. The molecule has 1 amide bonds. The Kier molecular flexibility index (Phi) is 5.93. The van der Waals surface area contributed by atoms with Crippen molar-refractivity contribution in [2.75, 3.05) is 0 Å². The number of amides is 1. The fourth-order valence-corrected chi connectivity index (χ4v) is 9.17. The Morgan fingerprint density at radius 2 is 1.62 bits per heavy atom. The molecule has 39 heavy (non-hydrogen) atoms. The van der Waals surface area contributed by atoms with E-state index >= 15 is 0 Å². The van der Waals surface area contributed by atoms with Crippen molar-refractivity contribution in [2.45, 2.75) is 71.6 Å². The zero-order chi connectivity index (χ0) is 26.9. The molecule has 5 aliphatic rings. The van der Waals surface area contributed by atoms with Crippen molar-refractivity contribution in [3.63, 3.8) is 0 Å². The molecule has 200 valence electrons. The standard InChI is InChI=1S/C34H37N3OS/c1-20-6-5-7-30(22(20)3)35-33-36-32(38)31(39-33)16-27-12-21(2)37(23(27)4)29-10-8-28(9-11-29)34-17-24-13-25(18-34)15-26(14-24)19-34/h5-12,16,24-26H,13-15,17-19H2,1-4H3,(H,35,36,38)/b31-16-. The van der Waals surface area contributed by atoms with Crippen molar-refractivity contribution < 1.29 is 4.79 Å². The second-order valence-corrected chi connectivity index (χ2v) is 13.6. The van der Waals surface area contributed by atoms with Crippen LogP contribution in [0.1, 0.15) is 72.2 Å². The summed E-state index contributed by atoms with van der Waals surface area (Å²) in [5, 5.41) is 3.58. The summed E-state index contributed by atoms with van der Waals surface area (Å²) in [7, 11) is 0. The Balaban J connectivity index is 1.14. The first-order valence-electron chi connectivity index (χ1n) is 14.4. The molecule has 0 spiro atoms. The predicted molar refractivity (Wildman–Crippen MR) is 162 cm³/mol. The van der Waals surface area contributed by atoms with Crippen LogP contribution in [0.15, 0.2) is 58.4 Å². The maximum Gasteiger partial charge on any atom is 0.264 e. The first kappa shape index (κ1) is 25.0. The highest BCUT2D eigenvalue weighted by Crippen LogP contribution is 2.60. The average Bonchev–Trinajstić information content (AvgIpc) is 3.38. The molecule has 4 aliphatic carbocycles. The largest absolute Gasteiger partial charge is 0.318 e. The van der Waals surface area contributed by atoms with Gasteiger partial charge >= 0.3 is 0 Å². The normalized spacial score (nSPS) is 29.5. The number of nitrogens with zero attached hydrogens (tertiary/aromatic N) is 2. The minimum absolute atomic E-state index is 0.0891. The Hall–Kier alpha value is -3.05. The van der Waals surface area contributed by atoms with E-state index in [9.17, 15) is 4.79 Å². The molecule has 4 saturated carbocycles. The third kappa shape index (κ3) is 4.30. The SMILES string of the molecule is Cc1cccc(N=C2NC(=O)/C(=C/c3cc(C)n(-c4ccc(C56CC7CC(CC(C7)C5)C6)cc4)c3C)S2)c1C. The van der Waals surface area contributed by atoms with Crippen molar-refractivity contribution in [2.24, 2.45) is 22.7 Å². The van der Waals surface area contributed by atoms with Gasteiger partial charge in [-0.05, 0) is 154 Å². The van der Waals surface area contributed by atoms with Crippen LogP contribution in [0.5, 0.6) is 0 Å². The van der Waals surface area contributed by atoms with Crippen molar-refractivity contribution in [1.82, 2.24) is 9.88 Å². The minimum atomic E-state index is -0.0891. The third-order valence-electron chi connectivity index (χ3n) is 9.98. The highest BCUT2D eigenvalue weighted by molar-refractivity contribution is 8.18. The van der Waals surface area contributed by atoms with Gasteiger partial charge in [-0.15, -0.1) is 0 Å². The van der Waals surface area contributed by atoms with Gasteiger partial charge in [0.05, 0.1) is 10.6 Å². The Morgan fingerprint density at radius 1 is 0.949 bits per heavy atom. The number of thioether (sulfide) groups is 1. The van der Waals surface area contributed by atoms with Gasteiger partial charge in [-0.1, -0.05) is 24.3 Å². The van der Waals surface area contributed by atoms with Crippen LogP contribution in [0.3, 0.4) is 0 Å². The van der Waals surface area contributed by atoms with E-state index in [1.165, 1.54) is 67.2 Å². The monoisotopic (exact) mass is 535 g/mol. The van der Waals surface area contributed by atoms with Crippen molar-refractivity contribution in [1.29, 1.82) is 0 Å². The first-order valence-corrected chi connectivity index (χ1v) is 15.3. The molecule has 1 N–H and O–H groups in total. The lowest BCUT2D eigenvalue weighted by atomic mass is 9.48. The second kappa shape index (κ2) is 9.26. The summed E-state index contributed by atoms with van der Waals surface area (Å²) in [5.74, 6) is 2.78. The molecule has 4 nitrogen and oxygen atoms in total. The van der Waals surface area contributed by atoms with Crippen LogP contribution in [-0.2, 0) is 10.2 Å². The molecule has 2 heterocycles. The first-order chi connectivity index (χ1) is 18.8. The fraction of sp³-hybridized carbons (Fsp3) is 0.412. The van der Waals surface area contributed by atoms with Crippen LogP contribution < -0.4 is 5.32 Å². The van der Waals surface area contributed by atoms with E-state index in [-0.39, 0.29) is 5.91 Å². The lowest BCUT2D eigenvalue weighted by Gasteiger charge is -2.57. The quantitative estimate of drug-likeness (QED) is 0.343. The summed E-state index contributed by atoms with van der Waals surface area (Å²) in [4.78, 5) is 18.2.